The molecule has 4 rings (SSSR count). The quantitative estimate of drug-likeness (QED) is 0.639. The zero-order valence-corrected chi connectivity index (χ0v) is 17.4. The third kappa shape index (κ3) is 5.07. The number of nitrogens with one attached hydrogen (secondary N) is 2. The summed E-state index contributed by atoms with van der Waals surface area (Å²) >= 11 is 0. The van der Waals surface area contributed by atoms with Crippen LogP contribution in [0.5, 0.6) is 0 Å². The second-order valence-electron chi connectivity index (χ2n) is 7.29. The summed E-state index contributed by atoms with van der Waals surface area (Å²) in [5.41, 5.74) is 3.36. The van der Waals surface area contributed by atoms with Gasteiger partial charge >= 0.3 is 0 Å². The van der Waals surface area contributed by atoms with Crippen molar-refractivity contribution in [3.63, 3.8) is 0 Å². The molecule has 6 nitrogen and oxygen atoms in total. The van der Waals surface area contributed by atoms with Crippen LogP contribution in [0.2, 0.25) is 0 Å². The average molecular weight is 422 g/mol. The maximum Gasteiger partial charge on any atom is 0.254 e. The molecule has 0 aliphatic carbocycles. The van der Waals surface area contributed by atoms with Crippen molar-refractivity contribution >= 4 is 18.3 Å². The molecule has 1 amide bonds. The van der Waals surface area contributed by atoms with Crippen LogP contribution in [0.15, 0.2) is 60.8 Å². The Morgan fingerprint density at radius 1 is 1.17 bits per heavy atom. The van der Waals surface area contributed by atoms with Crippen LogP contribution in [-0.2, 0) is 13.0 Å². The van der Waals surface area contributed by atoms with E-state index in [1.807, 2.05) is 65.7 Å². The largest absolute Gasteiger partial charge is 0.344 e. The smallest absolute Gasteiger partial charge is 0.254 e. The molecule has 1 aliphatic heterocycles. The van der Waals surface area contributed by atoms with Crippen molar-refractivity contribution in [1.82, 2.24) is 20.2 Å². The van der Waals surface area contributed by atoms with Gasteiger partial charge in [-0.25, -0.2) is 4.98 Å². The number of amides is 1. The Bertz CT molecular complexity index is 1000. The van der Waals surface area contributed by atoms with Gasteiger partial charge in [-0.3, -0.25) is 4.79 Å². The molecule has 2 N–H and O–H groups in total. The van der Waals surface area contributed by atoms with Gasteiger partial charge < -0.3 is 15.2 Å². The van der Waals surface area contributed by atoms with E-state index in [2.05, 4.69) is 21.4 Å². The van der Waals surface area contributed by atoms with E-state index in [1.165, 1.54) is 0 Å². The van der Waals surface area contributed by atoms with Crippen LogP contribution >= 0.6 is 12.4 Å². The minimum atomic E-state index is 0. The first-order chi connectivity index (χ1) is 14.2. The van der Waals surface area contributed by atoms with Gasteiger partial charge in [0.2, 0.25) is 0 Å². The summed E-state index contributed by atoms with van der Waals surface area (Å²) in [6.07, 6.45) is 3.42. The van der Waals surface area contributed by atoms with Crippen LogP contribution in [-0.4, -0.2) is 39.9 Å². The third-order valence-corrected chi connectivity index (χ3v) is 5.23. The van der Waals surface area contributed by atoms with E-state index in [-0.39, 0.29) is 24.4 Å². The molecule has 1 atom stereocenters. The minimum Gasteiger partial charge on any atom is -0.344 e. The van der Waals surface area contributed by atoms with Crippen molar-refractivity contribution in [3.8, 4) is 6.07 Å². The number of rotatable bonds is 6. The molecule has 7 heteroatoms. The van der Waals surface area contributed by atoms with Crippen LogP contribution in [0.4, 0.5) is 0 Å². The maximum absolute atomic E-state index is 13.1. The molecule has 0 saturated carbocycles. The zero-order valence-electron chi connectivity index (χ0n) is 16.5. The SMILES string of the molecule is Cl.N#Cc1ccc(Cc2ncc(CN(C(=O)c3ccccc3)C3CCNC3)[nH]2)cc1. The first kappa shape index (κ1) is 21.6. The Hall–Kier alpha value is -3.14. The highest BCUT2D eigenvalue weighted by atomic mass is 35.5. The molecule has 0 spiro atoms. The third-order valence-electron chi connectivity index (χ3n) is 5.23. The summed E-state index contributed by atoms with van der Waals surface area (Å²) in [5, 5.41) is 12.3. The minimum absolute atomic E-state index is 0. The van der Waals surface area contributed by atoms with Crippen LogP contribution in [0.3, 0.4) is 0 Å². The first-order valence-corrected chi connectivity index (χ1v) is 9.81. The number of carbonyl (C=O) groups is 1. The van der Waals surface area contributed by atoms with Gasteiger partial charge in [-0.1, -0.05) is 30.3 Å². The highest BCUT2D eigenvalue weighted by Crippen LogP contribution is 2.17. The van der Waals surface area contributed by atoms with Crippen molar-refractivity contribution in [1.29, 1.82) is 5.26 Å². The van der Waals surface area contributed by atoms with E-state index in [0.717, 1.165) is 36.6 Å². The molecule has 1 unspecified atom stereocenters. The molecule has 2 aromatic carbocycles. The fourth-order valence-corrected chi connectivity index (χ4v) is 3.67. The molecular formula is C23H24ClN5O. The second-order valence-corrected chi connectivity index (χ2v) is 7.29. The molecule has 154 valence electrons. The van der Waals surface area contributed by atoms with Gasteiger partial charge in [-0.05, 0) is 42.8 Å². The van der Waals surface area contributed by atoms with Crippen LogP contribution in [0, 0.1) is 11.3 Å². The molecule has 3 aromatic rings. The van der Waals surface area contributed by atoms with Gasteiger partial charge in [0, 0.05) is 24.6 Å². The molecule has 30 heavy (non-hydrogen) atoms. The van der Waals surface area contributed by atoms with Crippen LogP contribution in [0.1, 0.15) is 39.4 Å². The predicted molar refractivity (Wildman–Crippen MR) is 117 cm³/mol. The number of imidazole rings is 1. The number of hydrogen-bond acceptors (Lipinski definition) is 4. The van der Waals surface area contributed by atoms with Crippen molar-refractivity contribution in [2.45, 2.75) is 25.4 Å². The van der Waals surface area contributed by atoms with Gasteiger partial charge in [0.25, 0.3) is 5.91 Å². The molecular weight excluding hydrogens is 398 g/mol. The van der Waals surface area contributed by atoms with Gasteiger partial charge in [0.1, 0.15) is 5.82 Å². The van der Waals surface area contributed by atoms with Gasteiger partial charge in [0.15, 0.2) is 0 Å². The number of halogens is 1. The number of carbonyl (C=O) groups excluding carboxylic acids is 1. The summed E-state index contributed by atoms with van der Waals surface area (Å²) in [7, 11) is 0. The number of aromatic amines is 1. The lowest BCUT2D eigenvalue weighted by molar-refractivity contribution is 0.0673. The molecule has 2 heterocycles. The molecule has 1 fully saturated rings. The van der Waals surface area contributed by atoms with Gasteiger partial charge in [-0.15, -0.1) is 12.4 Å². The second kappa shape index (κ2) is 10.1. The normalized spacial score (nSPS) is 15.2. The Kier molecular flexibility index (Phi) is 7.23. The van der Waals surface area contributed by atoms with Crippen molar-refractivity contribution in [2.75, 3.05) is 13.1 Å². The lowest BCUT2D eigenvalue weighted by atomic mass is 10.1. The lowest BCUT2D eigenvalue weighted by Gasteiger charge is -2.28. The van der Waals surface area contributed by atoms with E-state index in [9.17, 15) is 4.79 Å². The number of hydrogen-bond donors (Lipinski definition) is 2. The number of benzene rings is 2. The number of H-pyrrole nitrogens is 1. The maximum atomic E-state index is 13.1. The van der Waals surface area contributed by atoms with Crippen LogP contribution in [0.25, 0.3) is 0 Å². The first-order valence-electron chi connectivity index (χ1n) is 9.81. The summed E-state index contributed by atoms with van der Waals surface area (Å²) in [6, 6.07) is 19.2. The van der Waals surface area contributed by atoms with E-state index in [0.29, 0.717) is 24.1 Å². The summed E-state index contributed by atoms with van der Waals surface area (Å²) in [4.78, 5) is 22.9. The van der Waals surface area contributed by atoms with Gasteiger partial charge in [0.05, 0.1) is 30.1 Å². The molecule has 1 aromatic heterocycles. The highest BCUT2D eigenvalue weighted by Gasteiger charge is 2.27. The Balaban J connectivity index is 0.00000256. The van der Waals surface area contributed by atoms with Gasteiger partial charge in [-0.2, -0.15) is 5.26 Å². The standard InChI is InChI=1S/C23H23N5O.ClH/c24-13-18-8-6-17(7-9-18)12-22-26-14-20(27-22)16-28(21-10-11-25-15-21)23(29)19-4-2-1-3-5-19;/h1-9,14,21,25H,10-12,15-16H2,(H,26,27);1H. The molecule has 1 aliphatic rings. The molecule has 0 radical (unpaired) electrons. The fourth-order valence-electron chi connectivity index (χ4n) is 3.67. The topological polar surface area (TPSA) is 84.8 Å². The average Bonchev–Trinajstić information content (AvgIpc) is 3.45. The van der Waals surface area contributed by atoms with Crippen LogP contribution < -0.4 is 5.32 Å². The van der Waals surface area contributed by atoms with E-state index < -0.39 is 0 Å². The Morgan fingerprint density at radius 2 is 1.93 bits per heavy atom. The summed E-state index contributed by atoms with van der Waals surface area (Å²) in [6.45, 7) is 2.24. The Labute approximate surface area is 182 Å². The summed E-state index contributed by atoms with van der Waals surface area (Å²) < 4.78 is 0. The Morgan fingerprint density at radius 3 is 2.60 bits per heavy atom. The van der Waals surface area contributed by atoms with E-state index in [1.54, 1.807) is 0 Å². The van der Waals surface area contributed by atoms with Crippen molar-refractivity contribution in [3.05, 3.63) is 89.0 Å². The van der Waals surface area contributed by atoms with Crippen molar-refractivity contribution < 1.29 is 4.79 Å². The van der Waals surface area contributed by atoms with E-state index in [4.69, 9.17) is 5.26 Å². The highest BCUT2D eigenvalue weighted by molar-refractivity contribution is 5.94. The summed E-state index contributed by atoms with van der Waals surface area (Å²) in [5.74, 6) is 0.893. The molecule has 1 saturated heterocycles. The monoisotopic (exact) mass is 421 g/mol. The fraction of sp³-hybridized carbons (Fsp3) is 0.261. The lowest BCUT2D eigenvalue weighted by Crippen LogP contribution is -2.41. The van der Waals surface area contributed by atoms with Crippen molar-refractivity contribution in [2.24, 2.45) is 0 Å². The predicted octanol–water partition coefficient (Wildman–Crippen LogP) is 3.30. The molecule has 0 bridgehead atoms. The van der Waals surface area contributed by atoms with E-state index >= 15 is 0 Å². The number of nitriles is 1. The zero-order chi connectivity index (χ0) is 20.1. The number of nitrogens with zero attached hydrogens (tertiary/aromatic N) is 3. The number of aromatic nitrogens is 2.